The molecule has 0 saturated carbocycles. The van der Waals surface area contributed by atoms with Gasteiger partial charge in [0.25, 0.3) is 5.91 Å². The van der Waals surface area contributed by atoms with E-state index in [1.54, 1.807) is 62.6 Å². The van der Waals surface area contributed by atoms with Crippen LogP contribution in [0, 0.1) is 0 Å². The molecule has 0 spiro atoms. The average Bonchev–Trinajstić information content (AvgIpc) is 2.61. The highest BCUT2D eigenvalue weighted by atomic mass is 16.5. The zero-order chi connectivity index (χ0) is 17.8. The van der Waals surface area contributed by atoms with Crippen molar-refractivity contribution in [2.45, 2.75) is 13.0 Å². The monoisotopic (exact) mass is 339 g/mol. The van der Waals surface area contributed by atoms with Gasteiger partial charge in [0.2, 0.25) is 0 Å². The number of carbonyl (C=O) groups excluding carboxylic acids is 1. The third kappa shape index (κ3) is 3.98. The van der Waals surface area contributed by atoms with Crippen molar-refractivity contribution < 1.29 is 18.7 Å². The number of nitrogens with one attached hydrogen (secondary N) is 1. The largest absolute Gasteiger partial charge is 0.497 e. The Balaban J connectivity index is 1.71. The first kappa shape index (κ1) is 16.6. The molecule has 3 aromatic rings. The molecule has 1 aromatic heterocycles. The molecule has 0 aliphatic heterocycles. The summed E-state index contributed by atoms with van der Waals surface area (Å²) in [6.45, 7) is 1.64. The lowest BCUT2D eigenvalue weighted by Crippen LogP contribution is -2.30. The van der Waals surface area contributed by atoms with Crippen molar-refractivity contribution >= 4 is 22.6 Å². The molecule has 6 heteroatoms. The Labute approximate surface area is 144 Å². The van der Waals surface area contributed by atoms with Gasteiger partial charge >= 0.3 is 5.63 Å². The van der Waals surface area contributed by atoms with Crippen molar-refractivity contribution in [1.29, 1.82) is 0 Å². The first-order valence-corrected chi connectivity index (χ1v) is 7.70. The molecule has 3 rings (SSSR count). The van der Waals surface area contributed by atoms with Crippen molar-refractivity contribution in [3.63, 3.8) is 0 Å². The molecule has 0 unspecified atom stereocenters. The summed E-state index contributed by atoms with van der Waals surface area (Å²) in [5.74, 6) is 0.786. The van der Waals surface area contributed by atoms with Gasteiger partial charge in [-0.2, -0.15) is 0 Å². The summed E-state index contributed by atoms with van der Waals surface area (Å²) in [4.78, 5) is 23.6. The lowest BCUT2D eigenvalue weighted by Gasteiger charge is -2.15. The van der Waals surface area contributed by atoms with Crippen LogP contribution < -0.4 is 20.4 Å². The molecule has 0 aliphatic carbocycles. The van der Waals surface area contributed by atoms with Crippen LogP contribution in [0.4, 0.5) is 5.69 Å². The van der Waals surface area contributed by atoms with E-state index in [4.69, 9.17) is 13.9 Å². The van der Waals surface area contributed by atoms with Crippen molar-refractivity contribution in [2.24, 2.45) is 0 Å². The molecule has 128 valence electrons. The maximum atomic E-state index is 12.3. The summed E-state index contributed by atoms with van der Waals surface area (Å²) in [6.07, 6.45) is -0.737. The van der Waals surface area contributed by atoms with Crippen LogP contribution in [0.5, 0.6) is 11.5 Å². The van der Waals surface area contributed by atoms with E-state index in [1.807, 2.05) is 0 Å². The Hall–Kier alpha value is -3.28. The highest BCUT2D eigenvalue weighted by Crippen LogP contribution is 2.21. The molecule has 1 N–H and O–H groups in total. The fourth-order valence-corrected chi connectivity index (χ4v) is 2.32. The fraction of sp³-hybridized carbons (Fsp3) is 0.158. The topological polar surface area (TPSA) is 77.8 Å². The number of anilines is 1. The van der Waals surface area contributed by atoms with Gasteiger partial charge in [-0.1, -0.05) is 6.07 Å². The Kier molecular flexibility index (Phi) is 4.70. The van der Waals surface area contributed by atoms with E-state index in [0.717, 1.165) is 5.39 Å². The van der Waals surface area contributed by atoms with Crippen LogP contribution in [0.3, 0.4) is 0 Å². The Morgan fingerprint density at radius 1 is 1.08 bits per heavy atom. The second-order valence-corrected chi connectivity index (χ2v) is 5.44. The first-order valence-electron chi connectivity index (χ1n) is 7.70. The Morgan fingerprint density at radius 3 is 2.68 bits per heavy atom. The van der Waals surface area contributed by atoms with Gasteiger partial charge in [0.1, 0.15) is 17.1 Å². The van der Waals surface area contributed by atoms with Gasteiger partial charge < -0.3 is 19.2 Å². The number of amides is 1. The highest BCUT2D eigenvalue weighted by Gasteiger charge is 2.15. The van der Waals surface area contributed by atoms with E-state index in [2.05, 4.69) is 5.32 Å². The van der Waals surface area contributed by atoms with Gasteiger partial charge in [-0.05, 0) is 37.3 Å². The normalized spacial score (nSPS) is 11.8. The van der Waals surface area contributed by atoms with Crippen molar-refractivity contribution in [1.82, 2.24) is 0 Å². The van der Waals surface area contributed by atoms with Crippen LogP contribution in [0.15, 0.2) is 63.8 Å². The minimum Gasteiger partial charge on any atom is -0.497 e. The number of hydrogen-bond acceptors (Lipinski definition) is 5. The predicted molar refractivity (Wildman–Crippen MR) is 94.2 cm³/mol. The summed E-state index contributed by atoms with van der Waals surface area (Å²) >= 11 is 0. The third-order valence-corrected chi connectivity index (χ3v) is 3.61. The van der Waals surface area contributed by atoms with Gasteiger partial charge in [0.15, 0.2) is 6.10 Å². The van der Waals surface area contributed by atoms with Crippen LogP contribution in [-0.2, 0) is 4.79 Å². The second kappa shape index (κ2) is 7.09. The molecule has 1 heterocycles. The molecule has 0 bridgehead atoms. The molecule has 1 amide bonds. The van der Waals surface area contributed by atoms with E-state index in [9.17, 15) is 9.59 Å². The lowest BCUT2D eigenvalue weighted by molar-refractivity contribution is -0.122. The molecular formula is C19H17NO5. The first-order chi connectivity index (χ1) is 12.0. The molecule has 0 fully saturated rings. The van der Waals surface area contributed by atoms with Gasteiger partial charge in [-0.15, -0.1) is 0 Å². The minimum absolute atomic E-state index is 0.303. The Morgan fingerprint density at radius 2 is 1.88 bits per heavy atom. The molecule has 0 aliphatic rings. The summed E-state index contributed by atoms with van der Waals surface area (Å²) < 4.78 is 15.9. The number of ether oxygens (including phenoxy) is 2. The maximum absolute atomic E-state index is 12.3. The molecule has 1 atom stereocenters. The number of fused-ring (bicyclic) bond motifs is 1. The van der Waals surface area contributed by atoms with E-state index >= 15 is 0 Å². The number of benzene rings is 2. The summed E-state index contributed by atoms with van der Waals surface area (Å²) in [5, 5.41) is 3.54. The van der Waals surface area contributed by atoms with Gasteiger partial charge in [-0.3, -0.25) is 4.79 Å². The van der Waals surface area contributed by atoms with Crippen LogP contribution >= 0.6 is 0 Å². The molecular weight excluding hydrogens is 322 g/mol. The van der Waals surface area contributed by atoms with E-state index in [1.165, 1.54) is 6.07 Å². The summed E-state index contributed by atoms with van der Waals surface area (Å²) in [6, 6.07) is 15.2. The molecule has 6 nitrogen and oxygen atoms in total. The summed E-state index contributed by atoms with van der Waals surface area (Å²) in [5.41, 5.74) is 0.586. The number of rotatable bonds is 5. The van der Waals surface area contributed by atoms with E-state index < -0.39 is 11.7 Å². The minimum atomic E-state index is -0.737. The van der Waals surface area contributed by atoms with Crippen LogP contribution in [0.2, 0.25) is 0 Å². The molecule has 2 aromatic carbocycles. The van der Waals surface area contributed by atoms with Crippen molar-refractivity contribution in [3.05, 3.63) is 65.0 Å². The fourth-order valence-electron chi connectivity index (χ4n) is 2.32. The van der Waals surface area contributed by atoms with Crippen LogP contribution in [-0.4, -0.2) is 19.1 Å². The SMILES string of the molecule is COc1cccc(NC(=O)[C@H](C)Oc2ccc3ccc(=O)oc3c2)c1. The zero-order valence-corrected chi connectivity index (χ0v) is 13.8. The maximum Gasteiger partial charge on any atom is 0.336 e. The predicted octanol–water partition coefficient (Wildman–Crippen LogP) is 3.21. The van der Waals surface area contributed by atoms with Crippen molar-refractivity contribution in [2.75, 3.05) is 12.4 Å². The van der Waals surface area contributed by atoms with Gasteiger partial charge in [0, 0.05) is 29.3 Å². The molecule has 0 saturated heterocycles. The van der Waals surface area contributed by atoms with Crippen molar-refractivity contribution in [3.8, 4) is 11.5 Å². The molecule has 0 radical (unpaired) electrons. The van der Waals surface area contributed by atoms with Gasteiger partial charge in [0.05, 0.1) is 7.11 Å². The average molecular weight is 339 g/mol. The van der Waals surface area contributed by atoms with E-state index in [-0.39, 0.29) is 5.91 Å². The standard InChI is InChI=1S/C19H17NO5/c1-12(19(22)20-14-4-3-5-15(10-14)23-2)24-16-8-6-13-7-9-18(21)25-17(13)11-16/h3-12H,1-2H3,(H,20,22)/t12-/m0/s1. The lowest BCUT2D eigenvalue weighted by atomic mass is 10.2. The smallest absolute Gasteiger partial charge is 0.336 e. The summed E-state index contributed by atoms with van der Waals surface area (Å²) in [7, 11) is 1.56. The second-order valence-electron chi connectivity index (χ2n) is 5.44. The zero-order valence-electron chi connectivity index (χ0n) is 13.8. The number of carbonyl (C=O) groups is 1. The molecule has 25 heavy (non-hydrogen) atoms. The quantitative estimate of drug-likeness (QED) is 0.722. The van der Waals surface area contributed by atoms with E-state index in [0.29, 0.717) is 22.8 Å². The van der Waals surface area contributed by atoms with Crippen LogP contribution in [0.25, 0.3) is 11.0 Å². The third-order valence-electron chi connectivity index (χ3n) is 3.61. The number of hydrogen-bond donors (Lipinski definition) is 1. The Bertz CT molecular complexity index is 963. The highest BCUT2D eigenvalue weighted by molar-refractivity contribution is 5.94. The van der Waals surface area contributed by atoms with Crippen LogP contribution in [0.1, 0.15) is 6.92 Å². The number of methoxy groups -OCH3 is 1. The van der Waals surface area contributed by atoms with Gasteiger partial charge in [-0.25, -0.2) is 4.79 Å².